The fourth-order valence-corrected chi connectivity index (χ4v) is 6.62. The second kappa shape index (κ2) is 11.1. The zero-order valence-corrected chi connectivity index (χ0v) is 25.2. The molecule has 2 N–H and O–H groups in total. The van der Waals surface area contributed by atoms with Gasteiger partial charge in [-0.25, -0.2) is 14.3 Å². The smallest absolute Gasteiger partial charge is 0.410 e. The van der Waals surface area contributed by atoms with Gasteiger partial charge in [0.05, 0.1) is 23.0 Å². The molecule has 0 aliphatic carbocycles. The first-order valence-electron chi connectivity index (χ1n) is 14.8. The molecule has 4 atom stereocenters. The summed E-state index contributed by atoms with van der Waals surface area (Å²) in [5.41, 5.74) is 3.99. The summed E-state index contributed by atoms with van der Waals surface area (Å²) in [5, 5.41) is 12.2. The molecule has 43 heavy (non-hydrogen) atoms. The summed E-state index contributed by atoms with van der Waals surface area (Å²) in [5.74, 6) is -0.549. The molecule has 2 aliphatic heterocycles. The van der Waals surface area contributed by atoms with Crippen molar-refractivity contribution in [2.24, 2.45) is 0 Å². The molecule has 2 unspecified atom stereocenters. The standard InChI is InChI=1S/C34H38FN5O3/c1-20-17-39(18-21(2)40(20)33(42)43-34(3,4)5)19-22-9-11-24(12-10-22)30-28(23-13-15-25(35)16-14-23)31-29-26(32(41)38-37-31)7-6-8-27(29)36-30/h6-16,20-21,28,30,36H,17-19H2,1-5H3,(H,38,41)/t20-,21-,28?,30?/m1/s1. The number of H-pyrrole nitrogens is 1. The summed E-state index contributed by atoms with van der Waals surface area (Å²) in [7, 11) is 0. The molecule has 1 saturated heterocycles. The maximum absolute atomic E-state index is 13.9. The Labute approximate surface area is 250 Å². The van der Waals surface area contributed by atoms with Crippen LogP contribution in [0.1, 0.15) is 69.0 Å². The monoisotopic (exact) mass is 583 g/mol. The lowest BCUT2D eigenvalue weighted by atomic mass is 9.80. The quantitative estimate of drug-likeness (QED) is 0.298. The van der Waals surface area contributed by atoms with E-state index in [-0.39, 0.29) is 41.5 Å². The second-order valence-electron chi connectivity index (χ2n) is 12.8. The largest absolute Gasteiger partial charge is 0.444 e. The highest BCUT2D eigenvalue weighted by atomic mass is 19.1. The van der Waals surface area contributed by atoms with Gasteiger partial charge in [0.2, 0.25) is 0 Å². The van der Waals surface area contributed by atoms with E-state index in [2.05, 4.69) is 58.5 Å². The number of carbonyl (C=O) groups is 1. The van der Waals surface area contributed by atoms with Crippen LogP contribution in [0.15, 0.2) is 71.5 Å². The molecule has 224 valence electrons. The number of benzene rings is 3. The van der Waals surface area contributed by atoms with Crippen LogP contribution in [0, 0.1) is 5.82 Å². The minimum Gasteiger partial charge on any atom is -0.444 e. The van der Waals surface area contributed by atoms with Gasteiger partial charge in [-0.05, 0) is 75.6 Å². The van der Waals surface area contributed by atoms with E-state index in [0.29, 0.717) is 5.39 Å². The highest BCUT2D eigenvalue weighted by Crippen LogP contribution is 2.46. The van der Waals surface area contributed by atoms with Gasteiger partial charge in [-0.2, -0.15) is 5.10 Å². The fourth-order valence-electron chi connectivity index (χ4n) is 6.62. The number of nitrogens with one attached hydrogen (secondary N) is 2. The molecule has 6 rings (SSSR count). The number of nitrogens with zero attached hydrogens (tertiary/aromatic N) is 3. The summed E-state index contributed by atoms with van der Waals surface area (Å²) in [6.07, 6.45) is -0.261. The van der Waals surface area contributed by atoms with Gasteiger partial charge < -0.3 is 15.0 Å². The topological polar surface area (TPSA) is 90.6 Å². The molecule has 1 amide bonds. The van der Waals surface area contributed by atoms with E-state index in [1.54, 1.807) is 18.2 Å². The first-order chi connectivity index (χ1) is 20.5. The summed E-state index contributed by atoms with van der Waals surface area (Å²) >= 11 is 0. The number of aromatic amines is 1. The van der Waals surface area contributed by atoms with E-state index >= 15 is 0 Å². The summed E-state index contributed by atoms with van der Waals surface area (Å²) in [6, 6.07) is 20.6. The molecule has 0 saturated carbocycles. The van der Waals surface area contributed by atoms with Crippen molar-refractivity contribution in [1.29, 1.82) is 0 Å². The minimum absolute atomic E-state index is 0.0301. The van der Waals surface area contributed by atoms with Crippen LogP contribution in [-0.2, 0) is 11.3 Å². The third-order valence-electron chi connectivity index (χ3n) is 8.36. The Kier molecular flexibility index (Phi) is 7.46. The van der Waals surface area contributed by atoms with Gasteiger partial charge >= 0.3 is 6.09 Å². The SMILES string of the molecule is C[C@@H]1CN(Cc2ccc(C3Nc4cccc5c(=O)[nH]nc(c45)C3c3ccc(F)cc3)cc2)C[C@@H](C)N1C(=O)OC(C)(C)C. The predicted octanol–water partition coefficient (Wildman–Crippen LogP) is 6.19. The van der Waals surface area contributed by atoms with Crippen molar-refractivity contribution >= 4 is 22.6 Å². The predicted molar refractivity (Wildman–Crippen MR) is 166 cm³/mol. The third-order valence-corrected chi connectivity index (χ3v) is 8.36. The Morgan fingerprint density at radius 1 is 0.977 bits per heavy atom. The molecular formula is C34H38FN5O3. The second-order valence-corrected chi connectivity index (χ2v) is 12.8. The van der Waals surface area contributed by atoms with Crippen molar-refractivity contribution in [3.8, 4) is 0 Å². The van der Waals surface area contributed by atoms with E-state index in [0.717, 1.165) is 47.5 Å². The van der Waals surface area contributed by atoms with Crippen LogP contribution < -0.4 is 10.9 Å². The van der Waals surface area contributed by atoms with E-state index in [9.17, 15) is 14.0 Å². The summed E-state index contributed by atoms with van der Waals surface area (Å²) in [6.45, 7) is 12.1. The molecule has 3 aromatic carbocycles. The van der Waals surface area contributed by atoms with E-state index < -0.39 is 5.60 Å². The van der Waals surface area contributed by atoms with Crippen molar-refractivity contribution in [1.82, 2.24) is 20.0 Å². The highest BCUT2D eigenvalue weighted by molar-refractivity contribution is 5.97. The fraction of sp³-hybridized carbons (Fsp3) is 0.382. The Morgan fingerprint density at radius 3 is 2.28 bits per heavy atom. The Hall–Kier alpha value is -4.24. The van der Waals surface area contributed by atoms with Crippen LogP contribution in [-0.4, -0.2) is 56.9 Å². The van der Waals surface area contributed by atoms with Gasteiger partial charge in [0, 0.05) is 42.8 Å². The Bertz CT molecular complexity index is 1680. The molecule has 1 aromatic heterocycles. The van der Waals surface area contributed by atoms with Gasteiger partial charge in [0.15, 0.2) is 0 Å². The van der Waals surface area contributed by atoms with E-state index in [4.69, 9.17) is 4.74 Å². The van der Waals surface area contributed by atoms with Gasteiger partial charge in [-0.3, -0.25) is 9.69 Å². The molecule has 0 bridgehead atoms. The number of carbonyl (C=O) groups excluding carboxylic acids is 1. The lowest BCUT2D eigenvalue weighted by Crippen LogP contribution is -2.59. The lowest BCUT2D eigenvalue weighted by molar-refractivity contribution is -0.0162. The maximum Gasteiger partial charge on any atom is 0.410 e. The number of hydrogen-bond donors (Lipinski definition) is 2. The van der Waals surface area contributed by atoms with Gasteiger partial charge in [0.25, 0.3) is 5.56 Å². The number of rotatable bonds is 4. The number of halogens is 1. The van der Waals surface area contributed by atoms with Crippen LogP contribution >= 0.6 is 0 Å². The highest BCUT2D eigenvalue weighted by Gasteiger charge is 2.37. The van der Waals surface area contributed by atoms with Crippen LogP contribution in [0.3, 0.4) is 0 Å². The van der Waals surface area contributed by atoms with E-state index in [1.807, 2.05) is 37.8 Å². The van der Waals surface area contributed by atoms with Crippen LogP contribution in [0.25, 0.3) is 10.8 Å². The zero-order valence-electron chi connectivity index (χ0n) is 25.2. The van der Waals surface area contributed by atoms with E-state index in [1.165, 1.54) is 17.7 Å². The zero-order chi connectivity index (χ0) is 30.5. The molecular weight excluding hydrogens is 545 g/mol. The third kappa shape index (κ3) is 5.73. The van der Waals surface area contributed by atoms with Gasteiger partial charge in [0.1, 0.15) is 11.4 Å². The molecule has 1 fully saturated rings. The molecule has 2 aliphatic rings. The van der Waals surface area contributed by atoms with Crippen LogP contribution in [0.4, 0.5) is 14.9 Å². The van der Waals surface area contributed by atoms with Crippen LogP contribution in [0.5, 0.6) is 0 Å². The molecule has 3 heterocycles. The molecule has 4 aromatic rings. The van der Waals surface area contributed by atoms with Crippen molar-refractivity contribution in [3.05, 3.63) is 105 Å². The van der Waals surface area contributed by atoms with Crippen molar-refractivity contribution in [3.63, 3.8) is 0 Å². The van der Waals surface area contributed by atoms with Crippen molar-refractivity contribution < 1.29 is 13.9 Å². The lowest BCUT2D eigenvalue weighted by Gasteiger charge is -2.44. The average molecular weight is 584 g/mol. The molecule has 8 nitrogen and oxygen atoms in total. The molecule has 0 radical (unpaired) electrons. The maximum atomic E-state index is 13.9. The number of ether oxygens (including phenoxy) is 1. The number of hydrogen-bond acceptors (Lipinski definition) is 6. The average Bonchev–Trinajstić information content (AvgIpc) is 2.94. The molecule has 9 heteroatoms. The summed E-state index contributed by atoms with van der Waals surface area (Å²) in [4.78, 5) is 29.6. The first-order valence-corrected chi connectivity index (χ1v) is 14.8. The number of anilines is 1. The number of piperazine rings is 1. The Morgan fingerprint density at radius 2 is 1.63 bits per heavy atom. The number of amides is 1. The normalized spacial score (nSPS) is 22.3. The van der Waals surface area contributed by atoms with Crippen LogP contribution in [0.2, 0.25) is 0 Å². The summed E-state index contributed by atoms with van der Waals surface area (Å²) < 4.78 is 19.6. The first kappa shape index (κ1) is 28.9. The molecule has 0 spiro atoms. The van der Waals surface area contributed by atoms with Crippen molar-refractivity contribution in [2.75, 3.05) is 18.4 Å². The van der Waals surface area contributed by atoms with Gasteiger partial charge in [-0.15, -0.1) is 0 Å². The Balaban J connectivity index is 1.25. The van der Waals surface area contributed by atoms with Gasteiger partial charge in [-0.1, -0.05) is 42.5 Å². The minimum atomic E-state index is -0.528. The van der Waals surface area contributed by atoms with Crippen molar-refractivity contribution in [2.45, 2.75) is 70.8 Å². The number of aromatic nitrogens is 2.